The quantitative estimate of drug-likeness (QED) is 0.674. The van der Waals surface area contributed by atoms with Crippen LogP contribution in [0.4, 0.5) is 0 Å². The topological polar surface area (TPSA) is 90.4 Å². The van der Waals surface area contributed by atoms with Gasteiger partial charge in [0.2, 0.25) is 0 Å². The predicted molar refractivity (Wildman–Crippen MR) is 91.2 cm³/mol. The van der Waals surface area contributed by atoms with E-state index < -0.39 is 12.0 Å². The van der Waals surface area contributed by atoms with Gasteiger partial charge in [0.25, 0.3) is 6.47 Å². The number of aromatic amines is 1. The number of carbonyl (C=O) groups is 2. The van der Waals surface area contributed by atoms with Crippen LogP contribution < -0.4 is 5.69 Å². The number of rotatable bonds is 3. The molecule has 1 heterocycles. The summed E-state index contributed by atoms with van der Waals surface area (Å²) in [6.07, 6.45) is 0. The molecule has 0 spiro atoms. The van der Waals surface area contributed by atoms with E-state index in [-0.39, 0.29) is 11.3 Å². The minimum absolute atomic E-state index is 0.318. The first-order valence-electron chi connectivity index (χ1n) is 7.19. The second-order valence-electron chi connectivity index (χ2n) is 5.99. The molecule has 0 bridgehead atoms. The van der Waals surface area contributed by atoms with E-state index in [0.29, 0.717) is 22.5 Å². The molecule has 0 fully saturated rings. The summed E-state index contributed by atoms with van der Waals surface area (Å²) in [6, 6.07) is 4.31. The highest BCUT2D eigenvalue weighted by molar-refractivity contribution is 6.31. The highest BCUT2D eigenvalue weighted by Crippen LogP contribution is 2.19. The van der Waals surface area contributed by atoms with Crippen molar-refractivity contribution in [3.63, 3.8) is 0 Å². The molecule has 1 unspecified atom stereocenters. The fourth-order valence-electron chi connectivity index (χ4n) is 1.90. The van der Waals surface area contributed by atoms with Crippen molar-refractivity contribution >= 4 is 35.1 Å². The number of ether oxygens (including phenoxy) is 2. The third kappa shape index (κ3) is 5.13. The normalized spacial score (nSPS) is 12.1. The van der Waals surface area contributed by atoms with Crippen LogP contribution in [0.3, 0.4) is 0 Å². The number of nitrogens with zero attached hydrogens (tertiary/aromatic N) is 1. The van der Waals surface area contributed by atoms with Gasteiger partial charge in [-0.3, -0.25) is 9.36 Å². The number of hydrogen-bond acceptors (Lipinski definition) is 5. The second kappa shape index (κ2) is 8.01. The highest BCUT2D eigenvalue weighted by Gasteiger charge is 2.20. The van der Waals surface area contributed by atoms with E-state index >= 15 is 0 Å². The Kier molecular flexibility index (Phi) is 6.60. The minimum atomic E-state index is -0.695. The zero-order valence-electron chi connectivity index (χ0n) is 14.3. The Morgan fingerprint density at radius 3 is 2.46 bits per heavy atom. The summed E-state index contributed by atoms with van der Waals surface area (Å²) in [4.78, 5) is 35.5. The van der Waals surface area contributed by atoms with Gasteiger partial charge in [-0.25, -0.2) is 9.59 Å². The van der Waals surface area contributed by atoms with E-state index in [1.54, 1.807) is 25.1 Å². The van der Waals surface area contributed by atoms with Crippen LogP contribution in [0.1, 0.15) is 33.7 Å². The largest absolute Gasteiger partial charge is 0.467 e. The zero-order chi connectivity index (χ0) is 18.5. The van der Waals surface area contributed by atoms with Crippen LogP contribution in [-0.2, 0) is 19.1 Å². The molecule has 1 aromatic heterocycles. The Hall–Kier alpha value is -2.28. The van der Waals surface area contributed by atoms with Gasteiger partial charge in [-0.05, 0) is 45.9 Å². The third-order valence-electron chi connectivity index (χ3n) is 3.01. The molecule has 0 saturated heterocycles. The van der Waals surface area contributed by atoms with Crippen LogP contribution in [0, 0.1) is 0 Å². The molecule has 132 valence electrons. The summed E-state index contributed by atoms with van der Waals surface area (Å²) < 4.78 is 10.5. The molecule has 0 saturated carbocycles. The number of H-pyrrole nitrogens is 1. The third-order valence-corrected chi connectivity index (χ3v) is 3.25. The first kappa shape index (κ1) is 19.8. The smallest absolute Gasteiger partial charge is 0.328 e. The molecule has 2 aromatic rings. The molecule has 1 atom stereocenters. The summed E-state index contributed by atoms with van der Waals surface area (Å²) in [7, 11) is 1.28. The molecule has 0 aliphatic heterocycles. The van der Waals surface area contributed by atoms with Crippen molar-refractivity contribution in [2.45, 2.75) is 39.3 Å². The summed E-state index contributed by atoms with van der Waals surface area (Å²) in [6.45, 7) is 7.52. The lowest BCUT2D eigenvalue weighted by Crippen LogP contribution is -2.26. The average Bonchev–Trinajstić information content (AvgIpc) is 2.80. The van der Waals surface area contributed by atoms with Gasteiger partial charge < -0.3 is 14.5 Å². The van der Waals surface area contributed by atoms with E-state index in [9.17, 15) is 14.4 Å². The Balaban J connectivity index is 0.000000351. The first-order chi connectivity index (χ1) is 11.1. The number of halogens is 1. The van der Waals surface area contributed by atoms with Gasteiger partial charge in [0.15, 0.2) is 0 Å². The van der Waals surface area contributed by atoms with E-state index in [0.717, 1.165) is 0 Å². The van der Waals surface area contributed by atoms with E-state index in [2.05, 4.69) is 14.5 Å². The molecule has 2 rings (SSSR count). The van der Waals surface area contributed by atoms with Gasteiger partial charge in [-0.15, -0.1) is 0 Å². The number of methoxy groups -OCH3 is 1. The van der Waals surface area contributed by atoms with Crippen LogP contribution in [0.15, 0.2) is 23.0 Å². The standard InChI is InChI=1S/C11H11ClN2O3.C5H10O2/c1-6(10(15)17-2)14-9-5-7(12)3-4-8(9)13-11(14)16;1-5(2,3)7-4-6/h3-6H,1-2H3,(H,13,16);4H,1-3H3. The molecular weight excluding hydrogens is 336 g/mol. The van der Waals surface area contributed by atoms with Crippen molar-refractivity contribution < 1.29 is 19.1 Å². The maximum absolute atomic E-state index is 11.8. The lowest BCUT2D eigenvalue weighted by molar-refractivity contribution is -0.144. The van der Waals surface area contributed by atoms with Crippen molar-refractivity contribution in [1.82, 2.24) is 9.55 Å². The second-order valence-corrected chi connectivity index (χ2v) is 6.42. The molecule has 0 amide bonds. The van der Waals surface area contributed by atoms with Crippen LogP contribution in [0.2, 0.25) is 5.02 Å². The lowest BCUT2D eigenvalue weighted by atomic mass is 10.2. The average molecular weight is 357 g/mol. The molecule has 0 aliphatic rings. The number of carbonyl (C=O) groups excluding carboxylic acids is 2. The predicted octanol–water partition coefficient (Wildman–Crippen LogP) is 2.67. The maximum Gasteiger partial charge on any atom is 0.328 e. The van der Waals surface area contributed by atoms with Gasteiger partial charge in [0, 0.05) is 5.02 Å². The van der Waals surface area contributed by atoms with Crippen LogP contribution in [0.5, 0.6) is 0 Å². The van der Waals surface area contributed by atoms with Crippen molar-refractivity contribution in [1.29, 1.82) is 0 Å². The van der Waals surface area contributed by atoms with Crippen molar-refractivity contribution in [2.75, 3.05) is 7.11 Å². The fraction of sp³-hybridized carbons (Fsp3) is 0.438. The van der Waals surface area contributed by atoms with Gasteiger partial charge >= 0.3 is 11.7 Å². The first-order valence-corrected chi connectivity index (χ1v) is 7.57. The Morgan fingerprint density at radius 1 is 1.38 bits per heavy atom. The number of imidazole rings is 1. The van der Waals surface area contributed by atoms with E-state index in [1.807, 2.05) is 20.8 Å². The van der Waals surface area contributed by atoms with Gasteiger partial charge in [0.05, 0.1) is 18.1 Å². The number of aromatic nitrogens is 2. The van der Waals surface area contributed by atoms with Gasteiger partial charge in [-0.1, -0.05) is 11.6 Å². The van der Waals surface area contributed by atoms with Crippen molar-refractivity contribution in [2.24, 2.45) is 0 Å². The van der Waals surface area contributed by atoms with E-state index in [4.69, 9.17) is 11.6 Å². The number of esters is 1. The van der Waals surface area contributed by atoms with Gasteiger partial charge in [-0.2, -0.15) is 0 Å². The fourth-order valence-corrected chi connectivity index (χ4v) is 2.07. The molecule has 1 aromatic carbocycles. The molecule has 0 aliphatic carbocycles. The molecule has 8 heteroatoms. The Bertz CT molecular complexity index is 773. The van der Waals surface area contributed by atoms with Crippen molar-refractivity contribution in [3.05, 3.63) is 33.7 Å². The Morgan fingerprint density at radius 2 is 2.00 bits per heavy atom. The summed E-state index contributed by atoms with van der Waals surface area (Å²) in [5.74, 6) is -0.479. The van der Waals surface area contributed by atoms with Crippen LogP contribution >= 0.6 is 11.6 Å². The number of nitrogens with one attached hydrogen (secondary N) is 1. The monoisotopic (exact) mass is 356 g/mol. The number of hydrogen-bond donors (Lipinski definition) is 1. The molecule has 7 nitrogen and oxygen atoms in total. The maximum atomic E-state index is 11.8. The summed E-state index contributed by atoms with van der Waals surface area (Å²) >= 11 is 5.87. The molecule has 0 radical (unpaired) electrons. The van der Waals surface area contributed by atoms with Crippen LogP contribution in [-0.4, -0.2) is 34.7 Å². The summed E-state index contributed by atoms with van der Waals surface area (Å²) in [5, 5.41) is 0.502. The Labute approximate surface area is 144 Å². The molecule has 24 heavy (non-hydrogen) atoms. The number of fused-ring (bicyclic) bond motifs is 1. The molecular formula is C16H21ClN2O5. The zero-order valence-corrected chi connectivity index (χ0v) is 15.0. The molecule has 1 N–H and O–H groups in total. The van der Waals surface area contributed by atoms with Crippen molar-refractivity contribution in [3.8, 4) is 0 Å². The SMILES string of the molecule is CC(C)(C)OC=O.COC(=O)C(C)n1c(=O)[nH]c2ccc(Cl)cc21. The minimum Gasteiger partial charge on any atom is -0.467 e. The summed E-state index contributed by atoms with van der Waals surface area (Å²) in [5.41, 5.74) is 0.539. The lowest BCUT2D eigenvalue weighted by Gasteiger charge is -2.14. The highest BCUT2D eigenvalue weighted by atomic mass is 35.5. The number of benzene rings is 1. The van der Waals surface area contributed by atoms with Gasteiger partial charge in [0.1, 0.15) is 11.6 Å². The van der Waals surface area contributed by atoms with Crippen LogP contribution in [0.25, 0.3) is 11.0 Å². The van der Waals surface area contributed by atoms with E-state index in [1.165, 1.54) is 11.7 Å².